The van der Waals surface area contributed by atoms with E-state index in [-0.39, 0.29) is 17.6 Å². The van der Waals surface area contributed by atoms with Crippen molar-refractivity contribution in [2.75, 3.05) is 18.5 Å². The number of carbonyl (C=O) groups is 1. The summed E-state index contributed by atoms with van der Waals surface area (Å²) in [5, 5.41) is 15.8. The number of esters is 1. The maximum atomic E-state index is 12.1. The van der Waals surface area contributed by atoms with Crippen LogP contribution in [0.15, 0.2) is 46.9 Å². The molecule has 0 aliphatic rings. The van der Waals surface area contributed by atoms with Gasteiger partial charge in [0.1, 0.15) is 6.54 Å². The lowest BCUT2D eigenvalue weighted by atomic mass is 10.2. The molecule has 0 aliphatic carbocycles. The highest BCUT2D eigenvalue weighted by Gasteiger charge is 2.20. The summed E-state index contributed by atoms with van der Waals surface area (Å²) in [6.45, 7) is 1.66. The molecule has 134 valence electrons. The van der Waals surface area contributed by atoms with E-state index in [1.54, 1.807) is 31.0 Å². The Labute approximate surface area is 154 Å². The molecule has 3 aromatic rings. The summed E-state index contributed by atoms with van der Waals surface area (Å²) >= 11 is 5.70. The van der Waals surface area contributed by atoms with E-state index in [2.05, 4.69) is 20.4 Å². The lowest BCUT2D eigenvalue weighted by Gasteiger charge is -2.17. The highest BCUT2D eigenvalue weighted by Crippen LogP contribution is 2.22. The van der Waals surface area contributed by atoms with Gasteiger partial charge in [0.15, 0.2) is 17.1 Å². The van der Waals surface area contributed by atoms with Gasteiger partial charge >= 0.3 is 5.97 Å². The van der Waals surface area contributed by atoms with E-state index in [1.807, 2.05) is 30.3 Å². The average molecular weight is 374 g/mol. The van der Waals surface area contributed by atoms with Crippen molar-refractivity contribution in [3.8, 4) is 11.5 Å². The molecule has 26 heavy (non-hydrogen) atoms. The van der Waals surface area contributed by atoms with E-state index in [9.17, 15) is 4.79 Å². The van der Waals surface area contributed by atoms with Crippen LogP contribution < -0.4 is 4.90 Å². The van der Waals surface area contributed by atoms with Gasteiger partial charge in [-0.3, -0.25) is 4.79 Å². The zero-order chi connectivity index (χ0) is 18.5. The first-order valence-corrected chi connectivity index (χ1v) is 8.19. The Morgan fingerprint density at radius 2 is 1.92 bits per heavy atom. The molecule has 0 fully saturated rings. The molecule has 1 atom stereocenters. The fraction of sp³-hybridized carbons (Fsp3) is 0.235. The second-order valence-corrected chi connectivity index (χ2v) is 5.90. The molecule has 0 N–H and O–H groups in total. The van der Waals surface area contributed by atoms with Gasteiger partial charge in [0.25, 0.3) is 5.89 Å². The first-order chi connectivity index (χ1) is 12.5. The Kier molecular flexibility index (Phi) is 5.43. The van der Waals surface area contributed by atoms with Gasteiger partial charge in [-0.25, -0.2) is 0 Å². The molecule has 2 heterocycles. The maximum Gasteiger partial charge on any atom is 0.326 e. The number of nitrogens with zero attached hydrogens (tertiary/aromatic N) is 5. The van der Waals surface area contributed by atoms with E-state index >= 15 is 0 Å². The van der Waals surface area contributed by atoms with E-state index in [0.29, 0.717) is 11.7 Å². The van der Waals surface area contributed by atoms with E-state index in [0.717, 1.165) is 5.56 Å². The monoisotopic (exact) mass is 373 g/mol. The van der Waals surface area contributed by atoms with Gasteiger partial charge in [0.05, 0.1) is 0 Å². The third-order valence-corrected chi connectivity index (χ3v) is 3.69. The Balaban J connectivity index is 1.59. The number of carbonyl (C=O) groups excluding carboxylic acids is 1. The molecule has 0 bridgehead atoms. The van der Waals surface area contributed by atoms with Gasteiger partial charge in [-0.1, -0.05) is 29.8 Å². The summed E-state index contributed by atoms with van der Waals surface area (Å²) in [6.07, 6.45) is -0.669. The Morgan fingerprint density at radius 1 is 1.15 bits per heavy atom. The van der Waals surface area contributed by atoms with Gasteiger partial charge in [-0.2, -0.15) is 0 Å². The summed E-state index contributed by atoms with van der Waals surface area (Å²) in [7, 11) is 1.70. The average Bonchev–Trinajstić information content (AvgIpc) is 3.13. The van der Waals surface area contributed by atoms with Crippen LogP contribution in [-0.2, 0) is 9.53 Å². The van der Waals surface area contributed by atoms with Gasteiger partial charge in [-0.15, -0.1) is 20.4 Å². The van der Waals surface area contributed by atoms with Crippen LogP contribution in [0.25, 0.3) is 11.5 Å². The van der Waals surface area contributed by atoms with Crippen molar-refractivity contribution in [1.29, 1.82) is 0 Å². The molecule has 1 unspecified atom stereocenters. The molecule has 0 spiro atoms. The summed E-state index contributed by atoms with van der Waals surface area (Å²) in [6, 6.07) is 12.6. The molecule has 3 rings (SSSR count). The molecule has 0 radical (unpaired) electrons. The smallest absolute Gasteiger partial charge is 0.326 e. The SMILES string of the molecule is CC(OC(=O)CN(C)c1ccc(Cl)nn1)c1nnc(-c2ccccc2)o1. The number of ether oxygens (including phenoxy) is 1. The van der Waals surface area contributed by atoms with Crippen molar-refractivity contribution in [2.24, 2.45) is 0 Å². The Hall–Kier alpha value is -3.00. The van der Waals surface area contributed by atoms with Crippen molar-refractivity contribution in [3.05, 3.63) is 53.5 Å². The highest BCUT2D eigenvalue weighted by atomic mass is 35.5. The number of likely N-dealkylation sites (N-methyl/N-ethyl adjacent to an activating group) is 1. The minimum Gasteiger partial charge on any atom is -0.451 e. The van der Waals surface area contributed by atoms with Crippen LogP contribution in [0.5, 0.6) is 0 Å². The largest absolute Gasteiger partial charge is 0.451 e. The predicted molar refractivity (Wildman–Crippen MR) is 94.6 cm³/mol. The molecule has 1 aromatic carbocycles. The van der Waals surface area contributed by atoms with Crippen molar-refractivity contribution in [3.63, 3.8) is 0 Å². The number of hydrogen-bond donors (Lipinski definition) is 0. The number of aromatic nitrogens is 4. The van der Waals surface area contributed by atoms with Gasteiger partial charge in [-0.05, 0) is 31.2 Å². The summed E-state index contributed by atoms with van der Waals surface area (Å²) < 4.78 is 10.9. The van der Waals surface area contributed by atoms with Crippen molar-refractivity contribution >= 4 is 23.4 Å². The first-order valence-electron chi connectivity index (χ1n) is 7.81. The fourth-order valence-corrected chi connectivity index (χ4v) is 2.27. The van der Waals surface area contributed by atoms with Gasteiger partial charge < -0.3 is 14.1 Å². The molecule has 0 saturated carbocycles. The third-order valence-electron chi connectivity index (χ3n) is 3.49. The second kappa shape index (κ2) is 7.92. The first kappa shape index (κ1) is 17.8. The van der Waals surface area contributed by atoms with Gasteiger partial charge in [0.2, 0.25) is 5.89 Å². The van der Waals surface area contributed by atoms with E-state index in [4.69, 9.17) is 20.8 Å². The van der Waals surface area contributed by atoms with Crippen molar-refractivity contribution < 1.29 is 13.9 Å². The number of halogens is 1. The number of benzene rings is 1. The summed E-state index contributed by atoms with van der Waals surface area (Å²) in [5.74, 6) is 0.641. The molecule has 0 amide bonds. The number of anilines is 1. The lowest BCUT2D eigenvalue weighted by Crippen LogP contribution is -2.28. The van der Waals surface area contributed by atoms with E-state index in [1.165, 1.54) is 0 Å². The van der Waals surface area contributed by atoms with Crippen molar-refractivity contribution in [1.82, 2.24) is 20.4 Å². The topological polar surface area (TPSA) is 94.2 Å². The number of hydrogen-bond acceptors (Lipinski definition) is 8. The normalized spacial score (nSPS) is 11.8. The molecule has 0 saturated heterocycles. The maximum absolute atomic E-state index is 12.1. The minimum atomic E-state index is -0.669. The second-order valence-electron chi connectivity index (χ2n) is 5.51. The zero-order valence-electron chi connectivity index (χ0n) is 14.2. The van der Waals surface area contributed by atoms with Crippen LogP contribution in [0, 0.1) is 0 Å². The zero-order valence-corrected chi connectivity index (χ0v) is 14.9. The van der Waals surface area contributed by atoms with Crippen LogP contribution in [0.4, 0.5) is 5.82 Å². The minimum absolute atomic E-state index is 0.0136. The number of rotatable bonds is 6. The van der Waals surface area contributed by atoms with Crippen LogP contribution in [-0.4, -0.2) is 40.0 Å². The standard InChI is InChI=1S/C17H16ClN5O3/c1-11(16-21-22-17(26-16)12-6-4-3-5-7-12)25-15(24)10-23(2)14-9-8-13(18)19-20-14/h3-9,11H,10H2,1-2H3. The summed E-state index contributed by atoms with van der Waals surface area (Å²) in [5.41, 5.74) is 0.797. The quantitative estimate of drug-likeness (QED) is 0.609. The Morgan fingerprint density at radius 3 is 2.62 bits per heavy atom. The molecular formula is C17H16ClN5O3. The third kappa shape index (κ3) is 4.34. The molecule has 0 aliphatic heterocycles. The van der Waals surface area contributed by atoms with Crippen LogP contribution in [0.3, 0.4) is 0 Å². The van der Waals surface area contributed by atoms with Crippen LogP contribution in [0.2, 0.25) is 5.15 Å². The van der Waals surface area contributed by atoms with Crippen LogP contribution >= 0.6 is 11.6 Å². The molecular weight excluding hydrogens is 358 g/mol. The van der Waals surface area contributed by atoms with Crippen LogP contribution in [0.1, 0.15) is 18.9 Å². The van der Waals surface area contributed by atoms with Crippen molar-refractivity contribution in [2.45, 2.75) is 13.0 Å². The summed E-state index contributed by atoms with van der Waals surface area (Å²) in [4.78, 5) is 13.7. The molecule has 2 aromatic heterocycles. The fourth-order valence-electron chi connectivity index (χ4n) is 2.17. The van der Waals surface area contributed by atoms with Gasteiger partial charge in [0, 0.05) is 12.6 Å². The molecule has 8 nitrogen and oxygen atoms in total. The Bertz CT molecular complexity index is 870. The predicted octanol–water partition coefficient (Wildman–Crippen LogP) is 2.92. The van der Waals surface area contributed by atoms with E-state index < -0.39 is 12.1 Å². The highest BCUT2D eigenvalue weighted by molar-refractivity contribution is 6.29. The lowest BCUT2D eigenvalue weighted by molar-refractivity contribution is -0.147. The molecule has 9 heteroatoms.